The van der Waals surface area contributed by atoms with E-state index in [0.29, 0.717) is 50.1 Å². The molecule has 0 radical (unpaired) electrons. The van der Waals surface area contributed by atoms with Gasteiger partial charge in [-0.1, -0.05) is 65.2 Å². The van der Waals surface area contributed by atoms with Crippen LogP contribution in [0.4, 0.5) is 24.7 Å². The van der Waals surface area contributed by atoms with Gasteiger partial charge in [0.05, 0.1) is 39.4 Å². The average molecular weight is 804 g/mol. The molecule has 2 aliphatic heterocycles. The molecule has 0 spiro atoms. The summed E-state index contributed by atoms with van der Waals surface area (Å²) in [6, 6.07) is 18.1. The number of hydrogen-bond acceptors (Lipinski definition) is 8. The van der Waals surface area contributed by atoms with Crippen molar-refractivity contribution in [1.82, 2.24) is 9.99 Å². The number of hydrazine groups is 1. The van der Waals surface area contributed by atoms with Crippen LogP contribution in [0.15, 0.2) is 90.6 Å². The molecule has 4 aromatic rings. The van der Waals surface area contributed by atoms with Crippen molar-refractivity contribution in [3.8, 4) is 5.75 Å². The number of carbonyl (C=O) groups is 5. The van der Waals surface area contributed by atoms with Crippen LogP contribution in [0.25, 0.3) is 0 Å². The molecule has 286 valence electrons. The van der Waals surface area contributed by atoms with Crippen molar-refractivity contribution in [3.05, 3.63) is 129 Å². The maximum Gasteiger partial charge on any atom is 0.417 e. The maximum absolute atomic E-state index is 15.3. The van der Waals surface area contributed by atoms with Gasteiger partial charge in [-0.25, -0.2) is 4.98 Å². The van der Waals surface area contributed by atoms with Gasteiger partial charge < -0.3 is 5.11 Å². The Morgan fingerprint density at radius 3 is 2.29 bits per heavy atom. The number of amides is 4. The first-order valence-corrected chi connectivity index (χ1v) is 18.4. The Morgan fingerprint density at radius 2 is 1.64 bits per heavy atom. The molecule has 0 bridgehead atoms. The van der Waals surface area contributed by atoms with Crippen molar-refractivity contribution in [1.29, 1.82) is 0 Å². The van der Waals surface area contributed by atoms with Gasteiger partial charge in [0, 0.05) is 28.3 Å². The van der Waals surface area contributed by atoms with Gasteiger partial charge in [0.1, 0.15) is 5.75 Å². The van der Waals surface area contributed by atoms with Gasteiger partial charge in [0.25, 0.3) is 11.8 Å². The van der Waals surface area contributed by atoms with E-state index in [2.05, 4.69) is 10.4 Å². The molecule has 4 amide bonds. The van der Waals surface area contributed by atoms with Crippen molar-refractivity contribution >= 4 is 64.1 Å². The van der Waals surface area contributed by atoms with Crippen molar-refractivity contribution in [2.24, 2.45) is 23.7 Å². The number of aromatic hydroxyl groups is 1. The summed E-state index contributed by atoms with van der Waals surface area (Å²) in [6.07, 6.45) is -2.40. The monoisotopic (exact) mass is 802 g/mol. The highest BCUT2D eigenvalue weighted by molar-refractivity contribution is 6.33. The molecule has 4 aliphatic rings. The van der Waals surface area contributed by atoms with Gasteiger partial charge in [0.15, 0.2) is 11.6 Å². The number of benzene rings is 3. The fourth-order valence-corrected chi connectivity index (χ4v) is 9.48. The first kappa shape index (κ1) is 37.4. The van der Waals surface area contributed by atoms with Crippen LogP contribution in [-0.4, -0.2) is 44.5 Å². The Balaban J connectivity index is 1.30. The molecule has 2 aliphatic carbocycles. The number of Topliss-reactive ketones (excluding diaryl/α,β-unsaturated/α-hetero) is 1. The Morgan fingerprint density at radius 1 is 0.946 bits per heavy atom. The molecule has 56 heavy (non-hydrogen) atoms. The minimum absolute atomic E-state index is 0.0915. The number of alkyl halides is 3. The number of nitrogens with one attached hydrogen (secondary N) is 1. The fourth-order valence-electron chi connectivity index (χ4n) is 9.14. The SMILES string of the molecule is CC(=O)c1ccc(N2C(=O)C3CC=C4C(CC5C(=O)N(Nc6ncc(C(F)(F)F)cc6Cl)C(=O)C5(c5ccc(Cl)cc5)C4c4cccc(C)c4O)C3C2=O)cc1. The highest BCUT2D eigenvalue weighted by Gasteiger charge is 2.70. The summed E-state index contributed by atoms with van der Waals surface area (Å²) in [5.74, 6) is -8.13. The third kappa shape index (κ3) is 5.54. The summed E-state index contributed by atoms with van der Waals surface area (Å²) in [4.78, 5) is 75.6. The molecule has 2 N–H and O–H groups in total. The number of ketones is 1. The highest BCUT2D eigenvalue weighted by atomic mass is 35.5. The lowest BCUT2D eigenvalue weighted by molar-refractivity contribution is -0.139. The average Bonchev–Trinajstić information content (AvgIpc) is 3.54. The number of carbonyl (C=O) groups excluding carboxylic acids is 5. The number of aryl methyl sites for hydroxylation is 1. The molecule has 2 saturated heterocycles. The first-order valence-electron chi connectivity index (χ1n) is 17.7. The fraction of sp³-hybridized carbons (Fsp3) is 0.268. The zero-order valence-corrected chi connectivity index (χ0v) is 31.1. The zero-order chi connectivity index (χ0) is 40.0. The topological polar surface area (TPSA) is 137 Å². The molecule has 3 heterocycles. The molecule has 10 nitrogen and oxygen atoms in total. The summed E-state index contributed by atoms with van der Waals surface area (Å²) in [6.45, 7) is 3.08. The van der Waals surface area contributed by atoms with Gasteiger partial charge in [-0.05, 0) is 86.2 Å². The lowest BCUT2D eigenvalue weighted by atomic mass is 9.49. The molecule has 3 aromatic carbocycles. The molecular weight excluding hydrogens is 772 g/mol. The molecule has 8 rings (SSSR count). The summed E-state index contributed by atoms with van der Waals surface area (Å²) in [5, 5.41) is 12.3. The lowest BCUT2D eigenvalue weighted by Gasteiger charge is -2.50. The van der Waals surface area contributed by atoms with Gasteiger partial charge in [0.2, 0.25) is 11.8 Å². The lowest BCUT2D eigenvalue weighted by Crippen LogP contribution is -2.53. The number of allylic oxidation sites excluding steroid dienone is 2. The quantitative estimate of drug-likeness (QED) is 0.115. The van der Waals surface area contributed by atoms with E-state index in [1.165, 1.54) is 31.2 Å². The van der Waals surface area contributed by atoms with E-state index >= 15 is 4.79 Å². The Kier molecular flexibility index (Phi) is 8.88. The number of imide groups is 2. The largest absolute Gasteiger partial charge is 0.507 e. The normalized spacial score (nSPS) is 25.8. The standard InChI is InChI=1S/C41H31Cl2F3N4O6/c1-19-4-3-5-28(34(19)52)33-26-14-15-27-32(38(55)49(36(27)53)25-12-6-21(7-13-25)20(2)51)29(26)17-30-37(54)50(39(56)40(30,33)22-8-10-24(42)11-9-22)48-35-31(43)16-23(18-47-35)41(44,45)46/h3-14,16,18,27,29-30,32-33,52H,15,17H2,1-2H3,(H,47,48). The second-order valence-electron chi connectivity index (χ2n) is 14.5. The summed E-state index contributed by atoms with van der Waals surface area (Å²) < 4.78 is 40.5. The summed E-state index contributed by atoms with van der Waals surface area (Å²) in [7, 11) is 0. The first-order chi connectivity index (χ1) is 26.5. The Bertz CT molecular complexity index is 2400. The molecule has 3 fully saturated rings. The van der Waals surface area contributed by atoms with E-state index in [4.69, 9.17) is 23.2 Å². The van der Waals surface area contributed by atoms with Crippen molar-refractivity contribution in [3.63, 3.8) is 0 Å². The van der Waals surface area contributed by atoms with Gasteiger partial charge in [-0.15, -0.1) is 0 Å². The maximum atomic E-state index is 15.3. The number of rotatable bonds is 6. The van der Waals surface area contributed by atoms with E-state index in [0.717, 1.165) is 4.90 Å². The van der Waals surface area contributed by atoms with Gasteiger partial charge in [-0.2, -0.15) is 18.2 Å². The van der Waals surface area contributed by atoms with Crippen LogP contribution >= 0.6 is 23.2 Å². The third-order valence-electron chi connectivity index (χ3n) is 11.7. The number of aromatic nitrogens is 1. The number of fused-ring (bicyclic) bond motifs is 4. The number of anilines is 2. The molecular formula is C41H31Cl2F3N4O6. The van der Waals surface area contributed by atoms with E-state index < -0.39 is 75.4 Å². The third-order valence-corrected chi connectivity index (χ3v) is 12.2. The number of halogens is 5. The van der Waals surface area contributed by atoms with E-state index in [1.54, 1.807) is 49.4 Å². The van der Waals surface area contributed by atoms with Crippen LogP contribution in [0.1, 0.15) is 58.3 Å². The van der Waals surface area contributed by atoms with Crippen molar-refractivity contribution in [2.45, 2.75) is 44.2 Å². The van der Waals surface area contributed by atoms with Gasteiger partial charge >= 0.3 is 6.18 Å². The molecule has 1 aromatic heterocycles. The van der Waals surface area contributed by atoms with Gasteiger partial charge in [-0.3, -0.25) is 34.3 Å². The summed E-state index contributed by atoms with van der Waals surface area (Å²) >= 11 is 12.6. The van der Waals surface area contributed by atoms with Crippen LogP contribution in [0, 0.1) is 30.6 Å². The van der Waals surface area contributed by atoms with Crippen LogP contribution in [0.3, 0.4) is 0 Å². The number of pyridine rings is 1. The van der Waals surface area contributed by atoms with Crippen molar-refractivity contribution in [2.75, 3.05) is 10.3 Å². The van der Waals surface area contributed by atoms with Crippen LogP contribution < -0.4 is 10.3 Å². The molecule has 6 atom stereocenters. The van der Waals surface area contributed by atoms with E-state index in [9.17, 15) is 37.5 Å². The van der Waals surface area contributed by atoms with Crippen molar-refractivity contribution < 1.29 is 42.3 Å². The number of phenols is 1. The van der Waals surface area contributed by atoms with Crippen LogP contribution in [0.5, 0.6) is 5.75 Å². The number of nitrogens with zero attached hydrogens (tertiary/aromatic N) is 3. The Labute approximate surface area is 327 Å². The minimum Gasteiger partial charge on any atom is -0.507 e. The second kappa shape index (κ2) is 13.3. The predicted octanol–water partition coefficient (Wildman–Crippen LogP) is 7.81. The highest BCUT2D eigenvalue weighted by Crippen LogP contribution is 2.65. The smallest absolute Gasteiger partial charge is 0.417 e. The van der Waals surface area contributed by atoms with E-state index in [-0.39, 0.29) is 35.9 Å². The minimum atomic E-state index is -4.76. The predicted molar refractivity (Wildman–Crippen MR) is 199 cm³/mol. The number of hydrogen-bond donors (Lipinski definition) is 2. The number of phenolic OH excluding ortho intramolecular Hbond substituents is 1. The summed E-state index contributed by atoms with van der Waals surface area (Å²) in [5.41, 5.74) is 2.02. The van der Waals surface area contributed by atoms with Crippen LogP contribution in [0.2, 0.25) is 10.0 Å². The van der Waals surface area contributed by atoms with E-state index in [1.807, 2.05) is 6.08 Å². The molecule has 1 saturated carbocycles. The number of para-hydroxylation sites is 1. The van der Waals surface area contributed by atoms with Crippen LogP contribution in [-0.2, 0) is 30.8 Å². The Hall–Kier alpha value is -5.53. The second-order valence-corrected chi connectivity index (χ2v) is 15.4. The molecule has 6 unspecified atom stereocenters. The molecule has 15 heteroatoms. The zero-order valence-electron chi connectivity index (χ0n) is 29.6.